The van der Waals surface area contributed by atoms with Gasteiger partial charge < -0.3 is 4.74 Å². The number of hydrogen-bond acceptors (Lipinski definition) is 5. The third-order valence-corrected chi connectivity index (χ3v) is 6.91. The van der Waals surface area contributed by atoms with E-state index in [9.17, 15) is 17.6 Å². The van der Waals surface area contributed by atoms with E-state index in [1.54, 1.807) is 0 Å². The number of ether oxygens (including phenoxy) is 1. The lowest BCUT2D eigenvalue weighted by Crippen LogP contribution is -2.40. The highest BCUT2D eigenvalue weighted by Gasteiger charge is 2.31. The minimum Gasteiger partial charge on any atom is -0.489 e. The van der Waals surface area contributed by atoms with Crippen molar-refractivity contribution in [3.05, 3.63) is 63.4 Å². The second-order valence-corrected chi connectivity index (χ2v) is 11.2. The Bertz CT molecular complexity index is 1170. The first-order valence-electron chi connectivity index (χ1n) is 11.1. The molecule has 1 N–H and O–H groups in total. The van der Waals surface area contributed by atoms with Gasteiger partial charge in [-0.25, -0.2) is 17.5 Å². The van der Waals surface area contributed by atoms with Crippen LogP contribution in [-0.4, -0.2) is 44.7 Å². The Morgan fingerprint density at radius 1 is 1.24 bits per heavy atom. The number of nitrogens with zero attached hydrogens (tertiary/aromatic N) is 1. The van der Waals surface area contributed by atoms with Gasteiger partial charge in [-0.15, -0.1) is 0 Å². The molecule has 2 aliphatic rings. The summed E-state index contributed by atoms with van der Waals surface area (Å²) in [6, 6.07) is 8.71. The molecule has 1 heterocycles. The van der Waals surface area contributed by atoms with Gasteiger partial charge in [0, 0.05) is 24.2 Å². The van der Waals surface area contributed by atoms with Crippen molar-refractivity contribution >= 4 is 27.5 Å². The third kappa shape index (κ3) is 6.25. The molecule has 1 saturated heterocycles. The molecule has 0 spiro atoms. The second kappa shape index (κ2) is 9.60. The van der Waals surface area contributed by atoms with Crippen LogP contribution in [0, 0.1) is 12.7 Å². The topological polar surface area (TPSA) is 75.7 Å². The van der Waals surface area contributed by atoms with Gasteiger partial charge in [0.1, 0.15) is 17.7 Å². The molecule has 6 nitrogen and oxygen atoms in total. The van der Waals surface area contributed by atoms with E-state index < -0.39 is 21.7 Å². The summed E-state index contributed by atoms with van der Waals surface area (Å²) in [4.78, 5) is 14.5. The molecular formula is C24H28ClFN2O4S. The Balaban J connectivity index is 1.49. The van der Waals surface area contributed by atoms with Crippen molar-refractivity contribution in [2.24, 2.45) is 0 Å². The maximum Gasteiger partial charge on any atom is 0.267 e. The van der Waals surface area contributed by atoms with Crippen molar-refractivity contribution < 1.29 is 22.3 Å². The number of hydrogen-bond donors (Lipinski definition) is 1. The van der Waals surface area contributed by atoms with Crippen molar-refractivity contribution in [1.29, 1.82) is 0 Å². The monoisotopic (exact) mass is 494 g/mol. The van der Waals surface area contributed by atoms with Crippen LogP contribution in [-0.2, 0) is 16.6 Å². The number of carbonyl (C=O) groups is 1. The molecule has 9 heteroatoms. The Kier molecular flexibility index (Phi) is 6.98. The van der Waals surface area contributed by atoms with Crippen molar-refractivity contribution in [3.63, 3.8) is 0 Å². The van der Waals surface area contributed by atoms with Gasteiger partial charge in [-0.1, -0.05) is 23.7 Å². The first-order chi connectivity index (χ1) is 15.6. The molecule has 1 aliphatic carbocycles. The van der Waals surface area contributed by atoms with Crippen LogP contribution in [0.25, 0.3) is 0 Å². The van der Waals surface area contributed by atoms with E-state index in [2.05, 4.69) is 4.90 Å². The van der Waals surface area contributed by atoms with E-state index >= 15 is 0 Å². The number of nitrogens with one attached hydrogen (secondary N) is 1. The van der Waals surface area contributed by atoms with Gasteiger partial charge in [-0.3, -0.25) is 9.69 Å². The maximum absolute atomic E-state index is 14.8. The van der Waals surface area contributed by atoms with Crippen LogP contribution in [0.1, 0.15) is 58.6 Å². The number of likely N-dealkylation sites (tertiary alicyclic amines) is 1. The van der Waals surface area contributed by atoms with Crippen LogP contribution in [0.15, 0.2) is 30.3 Å². The molecule has 0 bridgehead atoms. The number of halogens is 2. The van der Waals surface area contributed by atoms with Gasteiger partial charge >= 0.3 is 0 Å². The predicted molar refractivity (Wildman–Crippen MR) is 126 cm³/mol. The van der Waals surface area contributed by atoms with Crippen LogP contribution in [0.2, 0.25) is 5.02 Å². The normalized spacial score (nSPS) is 19.3. The number of benzene rings is 2. The molecule has 1 atom stereocenters. The third-order valence-electron chi connectivity index (χ3n) is 6.00. The highest BCUT2D eigenvalue weighted by atomic mass is 35.5. The van der Waals surface area contributed by atoms with Crippen LogP contribution >= 0.6 is 11.6 Å². The van der Waals surface area contributed by atoms with Gasteiger partial charge in [0.15, 0.2) is 0 Å². The summed E-state index contributed by atoms with van der Waals surface area (Å²) in [5, 5.41) is 0.749. The summed E-state index contributed by atoms with van der Waals surface area (Å²) < 4.78 is 45.7. The summed E-state index contributed by atoms with van der Waals surface area (Å²) in [5.41, 5.74) is 2.66. The van der Waals surface area contributed by atoms with Gasteiger partial charge in [-0.2, -0.15) is 0 Å². The van der Waals surface area contributed by atoms with E-state index in [0.29, 0.717) is 18.8 Å². The van der Waals surface area contributed by atoms with Gasteiger partial charge in [-0.05, 0) is 73.9 Å². The zero-order valence-corrected chi connectivity index (χ0v) is 20.3. The lowest BCUT2D eigenvalue weighted by atomic mass is 10.0. The molecule has 0 aromatic heterocycles. The van der Waals surface area contributed by atoms with E-state index in [0.717, 1.165) is 60.2 Å². The van der Waals surface area contributed by atoms with Crippen molar-refractivity contribution in [2.45, 2.75) is 51.2 Å². The molecule has 2 aromatic carbocycles. The fraction of sp³-hybridized carbons (Fsp3) is 0.458. The Morgan fingerprint density at radius 3 is 2.67 bits per heavy atom. The fourth-order valence-corrected chi connectivity index (χ4v) is 4.98. The number of sulfonamides is 1. The molecule has 1 amide bonds. The predicted octanol–water partition coefficient (Wildman–Crippen LogP) is 4.40. The number of piperidine rings is 1. The van der Waals surface area contributed by atoms with E-state index in [1.165, 1.54) is 12.1 Å². The number of amides is 1. The van der Waals surface area contributed by atoms with E-state index in [1.807, 2.05) is 29.8 Å². The molecule has 0 unspecified atom stereocenters. The lowest BCUT2D eigenvalue weighted by Gasteiger charge is -2.33. The quantitative estimate of drug-likeness (QED) is 0.617. The molecule has 1 aliphatic heterocycles. The molecule has 2 aromatic rings. The SMILES string of the molecule is Cc1ccc(CN2CCC[C@@H](Oc3cc(F)c(C(=O)NS(C)(=O)=O)cc3C3CC3)C2)c(Cl)c1. The first-order valence-corrected chi connectivity index (χ1v) is 13.4. The van der Waals surface area contributed by atoms with Crippen LogP contribution in [0.4, 0.5) is 4.39 Å². The Morgan fingerprint density at radius 2 is 2.00 bits per heavy atom. The summed E-state index contributed by atoms with van der Waals surface area (Å²) in [6.45, 7) is 4.34. The van der Waals surface area contributed by atoms with Gasteiger partial charge in [0.25, 0.3) is 5.91 Å². The van der Waals surface area contributed by atoms with Gasteiger partial charge in [0.05, 0.1) is 11.8 Å². The molecule has 1 saturated carbocycles. The molecule has 2 fully saturated rings. The zero-order chi connectivity index (χ0) is 23.8. The summed E-state index contributed by atoms with van der Waals surface area (Å²) in [5.74, 6) is -1.14. The van der Waals surface area contributed by atoms with E-state index in [-0.39, 0.29) is 17.6 Å². The zero-order valence-electron chi connectivity index (χ0n) is 18.7. The summed E-state index contributed by atoms with van der Waals surface area (Å²) in [7, 11) is -3.79. The highest BCUT2D eigenvalue weighted by molar-refractivity contribution is 7.89. The molecule has 178 valence electrons. The molecule has 33 heavy (non-hydrogen) atoms. The number of rotatable bonds is 7. The minimum absolute atomic E-state index is 0.115. The molecule has 0 radical (unpaired) electrons. The van der Waals surface area contributed by atoms with Gasteiger partial charge in [0.2, 0.25) is 10.0 Å². The standard InChI is InChI=1S/C24H28ClFN2O4S/c1-15-5-6-17(21(25)10-15)13-28-9-3-4-18(14-28)32-23-12-22(26)20(11-19(23)16-7-8-16)24(29)27-33(2,30)31/h5-6,10-12,16,18H,3-4,7-9,13-14H2,1-2H3,(H,27,29)/t18-/m1/s1. The lowest BCUT2D eigenvalue weighted by molar-refractivity contribution is 0.0832. The smallest absolute Gasteiger partial charge is 0.267 e. The first kappa shape index (κ1) is 24.0. The highest BCUT2D eigenvalue weighted by Crippen LogP contribution is 2.45. The van der Waals surface area contributed by atoms with Crippen LogP contribution in [0.5, 0.6) is 5.75 Å². The number of carbonyl (C=O) groups excluding carboxylic acids is 1. The average Bonchev–Trinajstić information content (AvgIpc) is 3.54. The minimum atomic E-state index is -3.79. The summed E-state index contributed by atoms with van der Waals surface area (Å²) >= 11 is 6.41. The summed E-state index contributed by atoms with van der Waals surface area (Å²) in [6.07, 6.45) is 4.40. The van der Waals surface area contributed by atoms with Crippen molar-refractivity contribution in [3.8, 4) is 5.75 Å². The van der Waals surface area contributed by atoms with E-state index in [4.69, 9.17) is 16.3 Å². The maximum atomic E-state index is 14.8. The Hall–Kier alpha value is -2.16. The number of aryl methyl sites for hydroxylation is 1. The largest absolute Gasteiger partial charge is 0.489 e. The Labute approximate surface area is 199 Å². The van der Waals surface area contributed by atoms with Crippen molar-refractivity contribution in [1.82, 2.24) is 9.62 Å². The van der Waals surface area contributed by atoms with Crippen LogP contribution < -0.4 is 9.46 Å². The molecular weight excluding hydrogens is 467 g/mol. The second-order valence-electron chi connectivity index (χ2n) is 9.06. The molecule has 4 rings (SSSR count). The fourth-order valence-electron chi connectivity index (χ4n) is 4.24. The van der Waals surface area contributed by atoms with Crippen molar-refractivity contribution in [2.75, 3.05) is 19.3 Å². The average molecular weight is 495 g/mol. The van der Waals surface area contributed by atoms with Crippen LogP contribution in [0.3, 0.4) is 0 Å².